The fraction of sp³-hybridized carbons (Fsp3) is 0.889. The number of hydrogen-bond donors (Lipinski definition) is 2. The zero-order valence-corrected chi connectivity index (χ0v) is 9.06. The average Bonchev–Trinajstić information content (AvgIpc) is 2.51. The quantitative estimate of drug-likeness (QED) is 0.709. The fourth-order valence-corrected chi connectivity index (χ4v) is 2.62. The summed E-state index contributed by atoms with van der Waals surface area (Å²) in [6.45, 7) is 1.72. The van der Waals surface area contributed by atoms with E-state index in [-0.39, 0.29) is 11.9 Å². The summed E-state index contributed by atoms with van der Waals surface area (Å²) >= 11 is 1.84. The summed E-state index contributed by atoms with van der Waals surface area (Å²) < 4.78 is 0. The first-order valence-corrected chi connectivity index (χ1v) is 6.02. The van der Waals surface area contributed by atoms with Crippen LogP contribution >= 0.6 is 11.8 Å². The van der Waals surface area contributed by atoms with Crippen LogP contribution in [0, 0.1) is 0 Å². The van der Waals surface area contributed by atoms with Gasteiger partial charge in [-0.25, -0.2) is 0 Å². The first-order valence-electron chi connectivity index (χ1n) is 4.74. The van der Waals surface area contributed by atoms with E-state index < -0.39 is 0 Å². The largest absolute Gasteiger partial charge is 0.351 e. The predicted molar refractivity (Wildman–Crippen MR) is 56.7 cm³/mol. The number of nitrogens with two attached hydrogens (primary N) is 1. The number of hydrogen-bond acceptors (Lipinski definition) is 3. The van der Waals surface area contributed by atoms with Crippen molar-refractivity contribution in [1.82, 2.24) is 5.32 Å². The highest BCUT2D eigenvalue weighted by Gasteiger charge is 2.28. The minimum absolute atomic E-state index is 0.0223. The van der Waals surface area contributed by atoms with Gasteiger partial charge in [-0.05, 0) is 26.0 Å². The summed E-state index contributed by atoms with van der Waals surface area (Å²) in [5.41, 5.74) is 5.48. The Hall–Kier alpha value is -0.220. The summed E-state index contributed by atoms with van der Waals surface area (Å²) in [6, 6.07) is -0.0448. The van der Waals surface area contributed by atoms with E-state index in [1.165, 1.54) is 12.8 Å². The molecule has 0 spiro atoms. The minimum Gasteiger partial charge on any atom is -0.351 e. The van der Waals surface area contributed by atoms with Crippen molar-refractivity contribution in [3.05, 3.63) is 0 Å². The Balaban J connectivity index is 2.39. The molecule has 0 bridgehead atoms. The number of amides is 1. The van der Waals surface area contributed by atoms with Gasteiger partial charge in [0.1, 0.15) is 0 Å². The molecule has 0 radical (unpaired) electrons. The van der Waals surface area contributed by atoms with Crippen molar-refractivity contribution >= 4 is 17.7 Å². The van der Waals surface area contributed by atoms with Crippen molar-refractivity contribution in [1.29, 1.82) is 0 Å². The van der Waals surface area contributed by atoms with Gasteiger partial charge in [0.05, 0.1) is 6.04 Å². The van der Waals surface area contributed by atoms with Crippen LogP contribution in [-0.2, 0) is 4.79 Å². The van der Waals surface area contributed by atoms with Gasteiger partial charge in [-0.1, -0.05) is 6.42 Å². The molecule has 0 heterocycles. The van der Waals surface area contributed by atoms with Crippen LogP contribution in [0.1, 0.15) is 26.2 Å². The van der Waals surface area contributed by atoms with Crippen LogP contribution < -0.4 is 11.1 Å². The second-order valence-corrected chi connectivity index (χ2v) is 4.69. The van der Waals surface area contributed by atoms with Crippen LogP contribution in [0.3, 0.4) is 0 Å². The highest BCUT2D eigenvalue weighted by molar-refractivity contribution is 7.99. The molecule has 0 saturated heterocycles. The van der Waals surface area contributed by atoms with E-state index in [1.807, 2.05) is 11.8 Å². The van der Waals surface area contributed by atoms with Gasteiger partial charge in [-0.2, -0.15) is 11.8 Å². The van der Waals surface area contributed by atoms with Crippen molar-refractivity contribution in [2.75, 3.05) is 6.26 Å². The molecule has 3 atom stereocenters. The molecule has 13 heavy (non-hydrogen) atoms. The minimum atomic E-state index is -0.386. The standard InChI is InChI=1S/C9H18N2OS/c1-6(10)9(12)11-7-4-3-5-8(7)13-2/h6-8H,3-5,10H2,1-2H3,(H,11,12). The lowest BCUT2D eigenvalue weighted by Gasteiger charge is -2.20. The fourth-order valence-electron chi connectivity index (χ4n) is 1.69. The van der Waals surface area contributed by atoms with Gasteiger partial charge in [-0.15, -0.1) is 0 Å². The van der Waals surface area contributed by atoms with Gasteiger partial charge in [0.2, 0.25) is 5.91 Å². The molecule has 1 saturated carbocycles. The third-order valence-electron chi connectivity index (χ3n) is 2.50. The van der Waals surface area contributed by atoms with E-state index in [9.17, 15) is 4.79 Å². The van der Waals surface area contributed by atoms with E-state index in [0.717, 1.165) is 6.42 Å². The molecule has 0 aromatic rings. The lowest BCUT2D eigenvalue weighted by molar-refractivity contribution is -0.122. The van der Waals surface area contributed by atoms with Crippen molar-refractivity contribution in [3.63, 3.8) is 0 Å². The molecule has 1 fully saturated rings. The number of carbonyl (C=O) groups excluding carboxylic acids is 1. The van der Waals surface area contributed by atoms with Crippen molar-refractivity contribution in [3.8, 4) is 0 Å². The highest BCUT2D eigenvalue weighted by Crippen LogP contribution is 2.28. The van der Waals surface area contributed by atoms with Crippen molar-refractivity contribution in [2.24, 2.45) is 5.73 Å². The second kappa shape index (κ2) is 4.86. The van der Waals surface area contributed by atoms with Crippen molar-refractivity contribution < 1.29 is 4.79 Å². The zero-order valence-electron chi connectivity index (χ0n) is 8.25. The Morgan fingerprint density at radius 2 is 2.31 bits per heavy atom. The van der Waals surface area contributed by atoms with Crippen LogP contribution in [0.4, 0.5) is 0 Å². The molecule has 1 amide bonds. The van der Waals surface area contributed by atoms with Gasteiger partial charge in [-0.3, -0.25) is 4.79 Å². The Kier molecular flexibility index (Phi) is 4.06. The number of nitrogens with one attached hydrogen (secondary N) is 1. The first kappa shape index (κ1) is 10.9. The van der Waals surface area contributed by atoms with Gasteiger partial charge in [0.25, 0.3) is 0 Å². The molecule has 3 unspecified atom stereocenters. The van der Waals surface area contributed by atoms with Crippen molar-refractivity contribution in [2.45, 2.75) is 43.5 Å². The predicted octanol–water partition coefficient (Wildman–Crippen LogP) is 0.734. The normalized spacial score (nSPS) is 30.1. The molecular weight excluding hydrogens is 184 g/mol. The zero-order chi connectivity index (χ0) is 9.84. The summed E-state index contributed by atoms with van der Waals surface area (Å²) in [5, 5.41) is 3.58. The SMILES string of the molecule is CSC1CCCC1NC(=O)C(C)N. The van der Waals surface area contributed by atoms with Crippen LogP contribution in [0.25, 0.3) is 0 Å². The molecule has 0 aliphatic heterocycles. The molecule has 0 aromatic carbocycles. The Morgan fingerprint density at radius 1 is 1.62 bits per heavy atom. The summed E-state index contributed by atoms with van der Waals surface area (Å²) in [5.74, 6) is -0.0223. The molecule has 1 rings (SSSR count). The van der Waals surface area contributed by atoms with E-state index in [4.69, 9.17) is 5.73 Å². The maximum atomic E-state index is 11.3. The van der Waals surface area contributed by atoms with Crippen LogP contribution in [0.2, 0.25) is 0 Å². The van der Waals surface area contributed by atoms with Crippen LogP contribution in [-0.4, -0.2) is 29.5 Å². The first-order chi connectivity index (χ1) is 6.15. The maximum absolute atomic E-state index is 11.3. The second-order valence-electron chi connectivity index (χ2n) is 3.61. The molecule has 3 nitrogen and oxygen atoms in total. The monoisotopic (exact) mass is 202 g/mol. The third kappa shape index (κ3) is 2.88. The van der Waals surface area contributed by atoms with Gasteiger partial charge in [0.15, 0.2) is 0 Å². The van der Waals surface area contributed by atoms with E-state index >= 15 is 0 Å². The molecule has 1 aliphatic carbocycles. The lowest BCUT2D eigenvalue weighted by Crippen LogP contribution is -2.46. The van der Waals surface area contributed by atoms with E-state index in [0.29, 0.717) is 11.3 Å². The lowest BCUT2D eigenvalue weighted by atomic mass is 10.2. The molecule has 3 N–H and O–H groups in total. The molecule has 1 aliphatic rings. The Labute approximate surface area is 83.8 Å². The number of carbonyl (C=O) groups is 1. The average molecular weight is 202 g/mol. The Morgan fingerprint density at radius 3 is 2.85 bits per heavy atom. The summed E-state index contributed by atoms with van der Waals surface area (Å²) in [7, 11) is 0. The molecular formula is C9H18N2OS. The Bertz CT molecular complexity index is 184. The smallest absolute Gasteiger partial charge is 0.236 e. The van der Waals surface area contributed by atoms with Gasteiger partial charge < -0.3 is 11.1 Å². The van der Waals surface area contributed by atoms with Crippen LogP contribution in [0.5, 0.6) is 0 Å². The number of rotatable bonds is 3. The van der Waals surface area contributed by atoms with Gasteiger partial charge in [0, 0.05) is 11.3 Å². The third-order valence-corrected chi connectivity index (χ3v) is 3.67. The summed E-state index contributed by atoms with van der Waals surface area (Å²) in [6.07, 6.45) is 5.63. The van der Waals surface area contributed by atoms with Gasteiger partial charge >= 0.3 is 0 Å². The van der Waals surface area contributed by atoms with E-state index in [2.05, 4.69) is 11.6 Å². The van der Waals surface area contributed by atoms with E-state index in [1.54, 1.807) is 6.92 Å². The van der Waals surface area contributed by atoms with Crippen LogP contribution in [0.15, 0.2) is 0 Å². The number of thioether (sulfide) groups is 1. The topological polar surface area (TPSA) is 55.1 Å². The molecule has 0 aromatic heterocycles. The molecule has 4 heteroatoms. The summed E-state index contributed by atoms with van der Waals surface area (Å²) in [4.78, 5) is 11.3. The highest BCUT2D eigenvalue weighted by atomic mass is 32.2. The maximum Gasteiger partial charge on any atom is 0.236 e. The molecule has 76 valence electrons.